The molecule has 1 atom stereocenters. The molecule has 1 aliphatic rings. The Morgan fingerprint density at radius 2 is 1.52 bits per heavy atom. The highest BCUT2D eigenvalue weighted by Crippen LogP contribution is 2.36. The quantitative estimate of drug-likeness (QED) is 0.0944. The van der Waals surface area contributed by atoms with Gasteiger partial charge < -0.3 is 20.1 Å². The van der Waals surface area contributed by atoms with Crippen LogP contribution < -0.4 is 20.1 Å². The number of aryl methyl sites for hydroxylation is 1. The third-order valence-electron chi connectivity index (χ3n) is 8.15. The number of aldehydes is 1. The van der Waals surface area contributed by atoms with Crippen molar-refractivity contribution in [1.29, 1.82) is 0 Å². The van der Waals surface area contributed by atoms with Gasteiger partial charge in [0.05, 0.1) is 11.7 Å². The van der Waals surface area contributed by atoms with E-state index in [0.29, 0.717) is 29.2 Å². The zero-order valence-corrected chi connectivity index (χ0v) is 29.1. The van der Waals surface area contributed by atoms with E-state index in [-0.39, 0.29) is 18.5 Å². The number of hydrogen-bond donors (Lipinski definition) is 3. The molecule has 0 aromatic heterocycles. The molecular formula is C39H37ClN2O7S. The lowest BCUT2D eigenvalue weighted by Gasteiger charge is -2.19. The van der Waals surface area contributed by atoms with E-state index in [1.807, 2.05) is 104 Å². The Morgan fingerprint density at radius 1 is 0.860 bits per heavy atom. The average Bonchev–Trinajstić information content (AvgIpc) is 3.59. The molecule has 1 amide bonds. The fraction of sp³-hybridized carbons (Fsp3) is 0.179. The molecule has 50 heavy (non-hydrogen) atoms. The van der Waals surface area contributed by atoms with Crippen LogP contribution in [0.5, 0.6) is 11.5 Å². The van der Waals surface area contributed by atoms with Gasteiger partial charge in [0.15, 0.2) is 11.5 Å². The number of amides is 1. The van der Waals surface area contributed by atoms with Crippen molar-refractivity contribution in [2.75, 3.05) is 31.5 Å². The van der Waals surface area contributed by atoms with Gasteiger partial charge in [-0.1, -0.05) is 84.4 Å². The van der Waals surface area contributed by atoms with Crippen molar-refractivity contribution in [3.05, 3.63) is 136 Å². The van der Waals surface area contributed by atoms with Crippen LogP contribution in [0.1, 0.15) is 33.0 Å². The van der Waals surface area contributed by atoms with Gasteiger partial charge in [0, 0.05) is 22.8 Å². The first kappa shape index (κ1) is 36.3. The van der Waals surface area contributed by atoms with E-state index in [1.165, 1.54) is 0 Å². The Bertz CT molecular complexity index is 2050. The Morgan fingerprint density at radius 3 is 2.14 bits per heavy atom. The summed E-state index contributed by atoms with van der Waals surface area (Å²) in [7, 11) is -2.13. The Hall–Kier alpha value is -5.00. The third kappa shape index (κ3) is 9.79. The lowest BCUT2D eigenvalue weighted by atomic mass is 9.89. The third-order valence-corrected chi connectivity index (χ3v) is 9.11. The molecule has 0 aliphatic carbocycles. The fourth-order valence-electron chi connectivity index (χ4n) is 5.46. The molecule has 1 unspecified atom stereocenters. The minimum atomic E-state index is -3.75. The number of rotatable bonds is 11. The van der Waals surface area contributed by atoms with Crippen molar-refractivity contribution >= 4 is 39.6 Å². The van der Waals surface area contributed by atoms with Gasteiger partial charge in [-0.3, -0.25) is 14.1 Å². The molecule has 6 rings (SSSR count). The predicted octanol–water partition coefficient (Wildman–Crippen LogP) is 7.58. The molecule has 0 spiro atoms. The SMILES string of the molecule is CNCCS(=O)(=O)O.Cc1cc(Cl)ccc1-c1ccc(NC(=O)C(Cc2ccc(C=O)cc2)c2ccc(-c3ccc4c(c3)OCO4)cc2)cc1. The van der Waals surface area contributed by atoms with Crippen LogP contribution in [0.2, 0.25) is 5.02 Å². The normalized spacial score (nSPS) is 12.4. The number of ether oxygens (including phenoxy) is 2. The second kappa shape index (κ2) is 16.6. The van der Waals surface area contributed by atoms with Crippen molar-refractivity contribution in [2.45, 2.75) is 19.3 Å². The minimum Gasteiger partial charge on any atom is -0.454 e. The molecule has 9 nitrogen and oxygen atoms in total. The van der Waals surface area contributed by atoms with Gasteiger partial charge in [0.25, 0.3) is 10.1 Å². The van der Waals surface area contributed by atoms with Gasteiger partial charge in [-0.15, -0.1) is 0 Å². The number of anilines is 1. The number of benzene rings is 5. The second-order valence-electron chi connectivity index (χ2n) is 11.7. The fourth-order valence-corrected chi connectivity index (χ4v) is 6.15. The van der Waals surface area contributed by atoms with Crippen LogP contribution in [0.25, 0.3) is 22.3 Å². The summed E-state index contributed by atoms with van der Waals surface area (Å²) in [5, 5.41) is 6.40. The smallest absolute Gasteiger partial charge is 0.266 e. The van der Waals surface area contributed by atoms with Crippen LogP contribution in [0.4, 0.5) is 5.69 Å². The maximum absolute atomic E-state index is 13.8. The molecule has 0 saturated carbocycles. The molecule has 0 radical (unpaired) electrons. The number of nitrogens with one attached hydrogen (secondary N) is 2. The van der Waals surface area contributed by atoms with E-state index in [0.717, 1.165) is 56.7 Å². The van der Waals surface area contributed by atoms with Crippen LogP contribution in [0, 0.1) is 6.92 Å². The Balaban J connectivity index is 0.000000544. The molecule has 5 aromatic rings. The second-order valence-corrected chi connectivity index (χ2v) is 13.7. The summed E-state index contributed by atoms with van der Waals surface area (Å²) >= 11 is 6.13. The number of halogens is 1. The van der Waals surface area contributed by atoms with E-state index in [9.17, 15) is 18.0 Å². The number of carbonyl (C=O) groups is 2. The lowest BCUT2D eigenvalue weighted by molar-refractivity contribution is -0.117. The van der Waals surface area contributed by atoms with Crippen molar-refractivity contribution in [2.24, 2.45) is 0 Å². The monoisotopic (exact) mass is 712 g/mol. The predicted molar refractivity (Wildman–Crippen MR) is 197 cm³/mol. The molecule has 11 heteroatoms. The van der Waals surface area contributed by atoms with Crippen molar-refractivity contribution in [1.82, 2.24) is 5.32 Å². The summed E-state index contributed by atoms with van der Waals surface area (Å²) < 4.78 is 38.9. The first-order chi connectivity index (χ1) is 24.0. The first-order valence-corrected chi connectivity index (χ1v) is 17.8. The summed E-state index contributed by atoms with van der Waals surface area (Å²) in [4.78, 5) is 24.9. The summed E-state index contributed by atoms with van der Waals surface area (Å²) in [5.41, 5.74) is 8.43. The highest BCUT2D eigenvalue weighted by atomic mass is 35.5. The molecule has 0 saturated heterocycles. The van der Waals surface area contributed by atoms with E-state index >= 15 is 0 Å². The standard InChI is InChI=1S/C36H28ClNO4.C3H9NO3S/c1-23-18-30(37)13-16-32(23)27-10-14-31(15-11-27)38-36(40)33(19-24-2-4-25(21-39)5-3-24)28-8-6-26(7-9-28)29-12-17-34-35(20-29)42-22-41-34;1-4-2-3-8(5,6)7/h2-18,20-21,33H,19,22H2,1H3,(H,38,40);4H,2-3H2,1H3,(H,5,6,7). The van der Waals surface area contributed by atoms with Crippen LogP contribution in [0.15, 0.2) is 109 Å². The zero-order valence-electron chi connectivity index (χ0n) is 27.6. The number of hydrogen-bond acceptors (Lipinski definition) is 7. The average molecular weight is 713 g/mol. The molecule has 0 bridgehead atoms. The zero-order chi connectivity index (χ0) is 35.7. The number of fused-ring (bicyclic) bond motifs is 1. The molecular weight excluding hydrogens is 676 g/mol. The molecule has 5 aromatic carbocycles. The van der Waals surface area contributed by atoms with Gasteiger partial charge in [-0.05, 0) is 95.7 Å². The minimum absolute atomic E-state index is 0.110. The van der Waals surface area contributed by atoms with E-state index in [4.69, 9.17) is 25.6 Å². The van der Waals surface area contributed by atoms with E-state index < -0.39 is 16.0 Å². The molecule has 0 fully saturated rings. The van der Waals surface area contributed by atoms with Gasteiger partial charge in [-0.2, -0.15) is 8.42 Å². The maximum Gasteiger partial charge on any atom is 0.266 e. The van der Waals surface area contributed by atoms with Crippen molar-refractivity contribution in [3.63, 3.8) is 0 Å². The van der Waals surface area contributed by atoms with Crippen LogP contribution in [-0.2, 0) is 21.3 Å². The number of carbonyl (C=O) groups excluding carboxylic acids is 2. The van der Waals surface area contributed by atoms with Crippen molar-refractivity contribution in [3.8, 4) is 33.8 Å². The first-order valence-electron chi connectivity index (χ1n) is 15.8. The van der Waals surface area contributed by atoms with Crippen molar-refractivity contribution < 1.29 is 32.0 Å². The highest BCUT2D eigenvalue weighted by molar-refractivity contribution is 7.85. The molecule has 258 valence electrons. The summed E-state index contributed by atoms with van der Waals surface area (Å²) in [6.45, 7) is 2.55. The molecule has 1 heterocycles. The largest absolute Gasteiger partial charge is 0.454 e. The van der Waals surface area contributed by atoms with Gasteiger partial charge in [-0.25, -0.2) is 0 Å². The van der Waals surface area contributed by atoms with Gasteiger partial charge >= 0.3 is 0 Å². The van der Waals surface area contributed by atoms with Crippen LogP contribution >= 0.6 is 11.6 Å². The highest BCUT2D eigenvalue weighted by Gasteiger charge is 2.22. The van der Waals surface area contributed by atoms with E-state index in [2.05, 4.69) is 10.6 Å². The molecule has 1 aliphatic heterocycles. The maximum atomic E-state index is 13.8. The van der Waals surface area contributed by atoms with Crippen LogP contribution in [0.3, 0.4) is 0 Å². The summed E-state index contributed by atoms with van der Waals surface area (Å²) in [6.07, 6.45) is 1.30. The summed E-state index contributed by atoms with van der Waals surface area (Å²) in [6, 6.07) is 34.9. The van der Waals surface area contributed by atoms with Gasteiger partial charge in [0.1, 0.15) is 6.29 Å². The van der Waals surface area contributed by atoms with Crippen LogP contribution in [-0.4, -0.2) is 51.3 Å². The van der Waals surface area contributed by atoms with Gasteiger partial charge in [0.2, 0.25) is 12.7 Å². The lowest BCUT2D eigenvalue weighted by Crippen LogP contribution is -2.23. The topological polar surface area (TPSA) is 131 Å². The Kier molecular flexibility index (Phi) is 12.0. The summed E-state index contributed by atoms with van der Waals surface area (Å²) in [5.74, 6) is 0.689. The van der Waals surface area contributed by atoms with E-state index in [1.54, 1.807) is 19.2 Å². The Labute approximate surface area is 297 Å². The molecule has 3 N–H and O–H groups in total.